The zero-order valence-electron chi connectivity index (χ0n) is 14.7. The van der Waals surface area contributed by atoms with Gasteiger partial charge in [0.15, 0.2) is 6.61 Å². The van der Waals surface area contributed by atoms with Gasteiger partial charge in [-0.15, -0.1) is 0 Å². The maximum absolute atomic E-state index is 12.9. The van der Waals surface area contributed by atoms with E-state index in [9.17, 15) is 14.0 Å². The summed E-state index contributed by atoms with van der Waals surface area (Å²) in [5, 5.41) is 0.712. The third kappa shape index (κ3) is 5.52. The average molecular weight is 391 g/mol. The predicted molar refractivity (Wildman–Crippen MR) is 100.0 cm³/mol. The topological polar surface area (TPSA) is 49.9 Å². The molecule has 0 N–H and O–H groups in total. The summed E-state index contributed by atoms with van der Waals surface area (Å²) in [4.78, 5) is 28.1. The molecule has 1 fully saturated rings. The van der Waals surface area contributed by atoms with Crippen molar-refractivity contribution < 1.29 is 18.7 Å². The number of hydrogen-bond donors (Lipinski definition) is 0. The van der Waals surface area contributed by atoms with Crippen molar-refractivity contribution in [1.29, 1.82) is 0 Å². The van der Waals surface area contributed by atoms with Gasteiger partial charge in [0.25, 0.3) is 5.91 Å². The molecule has 2 aromatic carbocycles. The van der Waals surface area contributed by atoms with E-state index in [-0.39, 0.29) is 18.1 Å². The fraction of sp³-hybridized carbons (Fsp3) is 0.300. The Balaban J connectivity index is 1.42. The number of amides is 1. The van der Waals surface area contributed by atoms with Gasteiger partial charge in [-0.2, -0.15) is 0 Å². The molecule has 7 heteroatoms. The summed E-state index contributed by atoms with van der Waals surface area (Å²) in [6.07, 6.45) is 0. The summed E-state index contributed by atoms with van der Waals surface area (Å²) in [7, 11) is 0. The molecule has 0 saturated carbocycles. The van der Waals surface area contributed by atoms with E-state index in [1.165, 1.54) is 29.8 Å². The van der Waals surface area contributed by atoms with E-state index in [0.717, 1.165) is 19.6 Å². The molecule has 1 heterocycles. The molecule has 1 aliphatic rings. The Morgan fingerprint density at radius 2 is 1.59 bits per heavy atom. The maximum atomic E-state index is 12.9. The molecular formula is C20H20ClFN2O3. The van der Waals surface area contributed by atoms with Crippen molar-refractivity contribution in [3.63, 3.8) is 0 Å². The molecule has 0 atom stereocenters. The number of hydrogen-bond acceptors (Lipinski definition) is 4. The quantitative estimate of drug-likeness (QED) is 0.736. The molecule has 3 rings (SSSR count). The van der Waals surface area contributed by atoms with Crippen LogP contribution in [-0.2, 0) is 16.1 Å². The van der Waals surface area contributed by atoms with Crippen molar-refractivity contribution in [1.82, 2.24) is 9.80 Å². The van der Waals surface area contributed by atoms with Gasteiger partial charge in [-0.05, 0) is 42.0 Å². The van der Waals surface area contributed by atoms with E-state index in [1.54, 1.807) is 4.90 Å². The van der Waals surface area contributed by atoms with Crippen LogP contribution >= 0.6 is 11.6 Å². The zero-order valence-corrected chi connectivity index (χ0v) is 15.5. The standard InChI is InChI=1S/C20H20ClFN2O3/c21-17-5-1-15(2-6-17)13-23-9-11-24(12-10-23)19(25)14-27-20(26)16-3-7-18(22)8-4-16/h1-8H,9-14H2. The van der Waals surface area contributed by atoms with Crippen molar-refractivity contribution in [2.45, 2.75) is 6.54 Å². The molecule has 0 aromatic heterocycles. The van der Waals surface area contributed by atoms with Crippen LogP contribution in [0, 0.1) is 5.82 Å². The van der Waals surface area contributed by atoms with Gasteiger partial charge >= 0.3 is 5.97 Å². The molecule has 142 valence electrons. The Labute approximate surface area is 162 Å². The van der Waals surface area contributed by atoms with Crippen LogP contribution in [0.5, 0.6) is 0 Å². The van der Waals surface area contributed by atoms with Crippen LogP contribution in [-0.4, -0.2) is 54.5 Å². The molecular weight excluding hydrogens is 371 g/mol. The van der Waals surface area contributed by atoms with Crippen LogP contribution < -0.4 is 0 Å². The highest BCUT2D eigenvalue weighted by Gasteiger charge is 2.22. The zero-order chi connectivity index (χ0) is 19.2. The van der Waals surface area contributed by atoms with Gasteiger partial charge in [0, 0.05) is 37.7 Å². The normalized spacial score (nSPS) is 14.8. The highest BCUT2D eigenvalue weighted by Crippen LogP contribution is 2.13. The van der Waals surface area contributed by atoms with Crippen molar-refractivity contribution in [2.24, 2.45) is 0 Å². The Hall–Kier alpha value is -2.44. The fourth-order valence-corrected chi connectivity index (χ4v) is 3.02. The Morgan fingerprint density at radius 1 is 0.963 bits per heavy atom. The van der Waals surface area contributed by atoms with E-state index in [2.05, 4.69) is 4.90 Å². The maximum Gasteiger partial charge on any atom is 0.338 e. The number of carbonyl (C=O) groups excluding carboxylic acids is 2. The van der Waals surface area contributed by atoms with Gasteiger partial charge in [0.2, 0.25) is 0 Å². The minimum Gasteiger partial charge on any atom is -0.452 e. The van der Waals surface area contributed by atoms with Crippen LogP contribution in [0.1, 0.15) is 15.9 Å². The molecule has 1 amide bonds. The van der Waals surface area contributed by atoms with E-state index >= 15 is 0 Å². The van der Waals surface area contributed by atoms with Crippen LogP contribution in [0.4, 0.5) is 4.39 Å². The van der Waals surface area contributed by atoms with E-state index < -0.39 is 11.8 Å². The third-order valence-electron chi connectivity index (χ3n) is 4.45. The summed E-state index contributed by atoms with van der Waals surface area (Å²) < 4.78 is 17.9. The van der Waals surface area contributed by atoms with Crippen molar-refractivity contribution >= 4 is 23.5 Å². The summed E-state index contributed by atoms with van der Waals surface area (Å²) in [5.41, 5.74) is 1.39. The van der Waals surface area contributed by atoms with Crippen molar-refractivity contribution in [3.8, 4) is 0 Å². The van der Waals surface area contributed by atoms with Crippen LogP contribution in [0.3, 0.4) is 0 Å². The van der Waals surface area contributed by atoms with E-state index in [4.69, 9.17) is 16.3 Å². The molecule has 0 unspecified atom stereocenters. The second kappa shape index (κ2) is 8.97. The monoisotopic (exact) mass is 390 g/mol. The fourth-order valence-electron chi connectivity index (χ4n) is 2.89. The van der Waals surface area contributed by atoms with Gasteiger partial charge in [0.05, 0.1) is 5.56 Å². The number of rotatable bonds is 5. The highest BCUT2D eigenvalue weighted by atomic mass is 35.5. The molecule has 5 nitrogen and oxygen atoms in total. The third-order valence-corrected chi connectivity index (χ3v) is 4.70. The number of carbonyl (C=O) groups is 2. The first kappa shape index (κ1) is 19.3. The predicted octanol–water partition coefficient (Wildman–Crippen LogP) is 2.98. The van der Waals surface area contributed by atoms with Gasteiger partial charge in [-0.3, -0.25) is 9.69 Å². The second-order valence-corrected chi connectivity index (χ2v) is 6.80. The molecule has 0 aliphatic carbocycles. The van der Waals surface area contributed by atoms with E-state index in [1.807, 2.05) is 24.3 Å². The largest absolute Gasteiger partial charge is 0.452 e. The number of halogens is 2. The molecule has 27 heavy (non-hydrogen) atoms. The van der Waals surface area contributed by atoms with Crippen LogP contribution in [0.2, 0.25) is 5.02 Å². The Bertz CT molecular complexity index is 788. The summed E-state index contributed by atoms with van der Waals surface area (Å²) >= 11 is 5.90. The van der Waals surface area contributed by atoms with Gasteiger partial charge in [0.1, 0.15) is 5.82 Å². The van der Waals surface area contributed by atoms with Gasteiger partial charge in [-0.25, -0.2) is 9.18 Å². The molecule has 0 radical (unpaired) electrons. The van der Waals surface area contributed by atoms with E-state index in [0.29, 0.717) is 18.1 Å². The Morgan fingerprint density at radius 3 is 2.22 bits per heavy atom. The summed E-state index contributed by atoms with van der Waals surface area (Å²) in [6, 6.07) is 12.7. The lowest BCUT2D eigenvalue weighted by molar-refractivity contribution is -0.136. The highest BCUT2D eigenvalue weighted by molar-refractivity contribution is 6.30. The second-order valence-electron chi connectivity index (χ2n) is 6.37. The SMILES string of the molecule is O=C(OCC(=O)N1CCN(Cc2ccc(Cl)cc2)CC1)c1ccc(F)cc1. The lowest BCUT2D eigenvalue weighted by Gasteiger charge is -2.34. The number of esters is 1. The Kier molecular flexibility index (Phi) is 6.42. The summed E-state index contributed by atoms with van der Waals surface area (Å²) in [6.45, 7) is 3.16. The molecule has 2 aromatic rings. The molecule has 0 bridgehead atoms. The van der Waals surface area contributed by atoms with Crippen LogP contribution in [0.15, 0.2) is 48.5 Å². The number of nitrogens with zero attached hydrogens (tertiary/aromatic N) is 2. The number of benzene rings is 2. The molecule has 1 aliphatic heterocycles. The molecule has 0 spiro atoms. The average Bonchev–Trinajstić information content (AvgIpc) is 2.69. The van der Waals surface area contributed by atoms with Crippen molar-refractivity contribution in [3.05, 3.63) is 70.5 Å². The smallest absolute Gasteiger partial charge is 0.338 e. The first-order valence-electron chi connectivity index (χ1n) is 8.68. The lowest BCUT2D eigenvalue weighted by Crippen LogP contribution is -2.49. The lowest BCUT2D eigenvalue weighted by atomic mass is 10.2. The first-order chi connectivity index (χ1) is 13.0. The van der Waals surface area contributed by atoms with Crippen molar-refractivity contribution in [2.75, 3.05) is 32.8 Å². The number of ether oxygens (including phenoxy) is 1. The summed E-state index contributed by atoms with van der Waals surface area (Å²) in [5.74, 6) is -1.29. The van der Waals surface area contributed by atoms with Gasteiger partial charge < -0.3 is 9.64 Å². The minimum atomic E-state index is -0.635. The molecule has 1 saturated heterocycles. The van der Waals surface area contributed by atoms with Gasteiger partial charge in [-0.1, -0.05) is 23.7 Å². The minimum absolute atomic E-state index is 0.219. The first-order valence-corrected chi connectivity index (χ1v) is 9.06. The number of piperazine rings is 1. The van der Waals surface area contributed by atoms with Crippen LogP contribution in [0.25, 0.3) is 0 Å².